The fraction of sp³-hybridized carbons (Fsp3) is 0.562. The van der Waals surface area contributed by atoms with Gasteiger partial charge >= 0.3 is 0 Å². The second-order valence-corrected chi connectivity index (χ2v) is 5.72. The van der Waals surface area contributed by atoms with Gasteiger partial charge in [-0.05, 0) is 62.3 Å². The van der Waals surface area contributed by atoms with Crippen molar-refractivity contribution in [3.8, 4) is 0 Å². The quantitative estimate of drug-likeness (QED) is 0.888. The van der Waals surface area contributed by atoms with Gasteiger partial charge in [0.15, 0.2) is 0 Å². The number of halogens is 1. The van der Waals surface area contributed by atoms with Crippen molar-refractivity contribution in [3.63, 3.8) is 0 Å². The lowest BCUT2D eigenvalue weighted by molar-refractivity contribution is -0.125. The van der Waals surface area contributed by atoms with Gasteiger partial charge in [0.05, 0.1) is 0 Å². The lowest BCUT2D eigenvalue weighted by atomic mass is 9.86. The second kappa shape index (κ2) is 6.84. The molecule has 0 spiro atoms. The van der Waals surface area contributed by atoms with Crippen molar-refractivity contribution in [1.29, 1.82) is 0 Å². The number of hydrogen-bond donors (Lipinski definition) is 2. The van der Waals surface area contributed by atoms with Crippen molar-refractivity contribution in [2.75, 3.05) is 6.54 Å². The van der Waals surface area contributed by atoms with E-state index in [1.54, 1.807) is 6.07 Å². The van der Waals surface area contributed by atoms with E-state index < -0.39 is 0 Å². The number of rotatable bonds is 4. The average molecular weight is 278 g/mol. The van der Waals surface area contributed by atoms with E-state index in [9.17, 15) is 9.18 Å². The van der Waals surface area contributed by atoms with Crippen molar-refractivity contribution < 1.29 is 9.18 Å². The first-order chi connectivity index (χ1) is 9.56. The Hall–Kier alpha value is -1.42. The van der Waals surface area contributed by atoms with Gasteiger partial charge in [-0.2, -0.15) is 0 Å². The highest BCUT2D eigenvalue weighted by Crippen LogP contribution is 2.23. The first-order valence-corrected chi connectivity index (χ1v) is 7.34. The largest absolute Gasteiger partial charge is 0.356 e. The summed E-state index contributed by atoms with van der Waals surface area (Å²) in [6, 6.07) is 5.05. The number of carbonyl (C=O) groups excluding carboxylic acids is 1. The molecule has 20 heavy (non-hydrogen) atoms. The van der Waals surface area contributed by atoms with Crippen LogP contribution in [0.4, 0.5) is 4.39 Å². The van der Waals surface area contributed by atoms with Crippen LogP contribution in [0.5, 0.6) is 0 Å². The molecular weight excluding hydrogens is 255 g/mol. The molecule has 110 valence electrons. The summed E-state index contributed by atoms with van der Waals surface area (Å²) < 4.78 is 13.0. The summed E-state index contributed by atoms with van der Waals surface area (Å²) in [7, 11) is 0. The highest BCUT2D eigenvalue weighted by Gasteiger charge is 2.24. The van der Waals surface area contributed by atoms with Crippen LogP contribution in [-0.2, 0) is 11.2 Å². The lowest BCUT2D eigenvalue weighted by Gasteiger charge is -2.25. The van der Waals surface area contributed by atoms with Crippen molar-refractivity contribution in [1.82, 2.24) is 5.32 Å². The van der Waals surface area contributed by atoms with Crippen LogP contribution in [0.25, 0.3) is 0 Å². The van der Waals surface area contributed by atoms with Crippen LogP contribution in [0.3, 0.4) is 0 Å². The molecule has 1 amide bonds. The topological polar surface area (TPSA) is 55.1 Å². The second-order valence-electron chi connectivity index (χ2n) is 5.72. The van der Waals surface area contributed by atoms with Crippen LogP contribution >= 0.6 is 0 Å². The normalized spacial score (nSPS) is 22.6. The Balaban J connectivity index is 1.76. The molecular formula is C16H23FN2O. The Morgan fingerprint density at radius 3 is 2.70 bits per heavy atom. The summed E-state index contributed by atoms with van der Waals surface area (Å²) in [5, 5.41) is 2.98. The molecule has 1 saturated carbocycles. The van der Waals surface area contributed by atoms with E-state index in [0.29, 0.717) is 6.54 Å². The van der Waals surface area contributed by atoms with Crippen molar-refractivity contribution in [3.05, 3.63) is 35.1 Å². The molecule has 0 radical (unpaired) electrons. The van der Waals surface area contributed by atoms with E-state index in [4.69, 9.17) is 5.73 Å². The van der Waals surface area contributed by atoms with Crippen LogP contribution in [0, 0.1) is 18.7 Å². The predicted octanol–water partition coefficient (Wildman–Crippen LogP) is 2.31. The SMILES string of the molecule is Cc1cc(F)ccc1CCNC(=O)C1CCC(N)CC1. The zero-order valence-electron chi connectivity index (χ0n) is 12.0. The van der Waals surface area contributed by atoms with E-state index in [0.717, 1.165) is 43.2 Å². The zero-order chi connectivity index (χ0) is 14.5. The summed E-state index contributed by atoms with van der Waals surface area (Å²) in [6.45, 7) is 2.50. The maximum atomic E-state index is 13.0. The van der Waals surface area contributed by atoms with Gasteiger partial charge in [0.2, 0.25) is 5.91 Å². The van der Waals surface area contributed by atoms with Gasteiger partial charge in [0, 0.05) is 18.5 Å². The molecule has 1 aliphatic carbocycles. The van der Waals surface area contributed by atoms with E-state index in [2.05, 4.69) is 5.32 Å². The highest BCUT2D eigenvalue weighted by atomic mass is 19.1. The third-order valence-electron chi connectivity index (χ3n) is 4.14. The smallest absolute Gasteiger partial charge is 0.223 e. The third-order valence-corrected chi connectivity index (χ3v) is 4.14. The Kier molecular flexibility index (Phi) is 5.12. The molecule has 0 aromatic heterocycles. The molecule has 0 saturated heterocycles. The van der Waals surface area contributed by atoms with Crippen molar-refractivity contribution in [2.45, 2.75) is 45.1 Å². The predicted molar refractivity (Wildman–Crippen MR) is 77.8 cm³/mol. The van der Waals surface area contributed by atoms with Crippen LogP contribution in [0.1, 0.15) is 36.8 Å². The number of nitrogens with one attached hydrogen (secondary N) is 1. The van der Waals surface area contributed by atoms with Crippen LogP contribution in [-0.4, -0.2) is 18.5 Å². The van der Waals surface area contributed by atoms with Crippen LogP contribution < -0.4 is 11.1 Å². The number of aryl methyl sites for hydroxylation is 1. The standard InChI is InChI=1S/C16H23FN2O/c1-11-10-14(17)5-2-12(11)8-9-19-16(20)13-3-6-15(18)7-4-13/h2,5,10,13,15H,3-4,6-9,18H2,1H3,(H,19,20). The molecule has 0 heterocycles. The lowest BCUT2D eigenvalue weighted by Crippen LogP contribution is -2.37. The maximum absolute atomic E-state index is 13.0. The van der Waals surface area contributed by atoms with Crippen LogP contribution in [0.15, 0.2) is 18.2 Å². The van der Waals surface area contributed by atoms with Gasteiger partial charge in [-0.15, -0.1) is 0 Å². The Bertz CT molecular complexity index is 468. The molecule has 2 rings (SSSR count). The first kappa shape index (κ1) is 15.0. The average Bonchev–Trinajstić information content (AvgIpc) is 2.42. The summed E-state index contributed by atoms with van der Waals surface area (Å²) in [6.07, 6.45) is 4.40. The molecule has 0 unspecified atom stereocenters. The fourth-order valence-corrected chi connectivity index (χ4v) is 2.79. The molecule has 1 fully saturated rings. The summed E-state index contributed by atoms with van der Waals surface area (Å²) in [4.78, 5) is 12.0. The summed E-state index contributed by atoms with van der Waals surface area (Å²) in [5.74, 6) is 0.0367. The number of amides is 1. The molecule has 1 aromatic carbocycles. The van der Waals surface area contributed by atoms with E-state index in [-0.39, 0.29) is 23.7 Å². The Labute approximate surface area is 119 Å². The van der Waals surface area contributed by atoms with Gasteiger partial charge in [-0.25, -0.2) is 4.39 Å². The van der Waals surface area contributed by atoms with Crippen molar-refractivity contribution in [2.24, 2.45) is 11.7 Å². The number of nitrogens with two attached hydrogens (primary N) is 1. The number of hydrogen-bond acceptors (Lipinski definition) is 2. The molecule has 3 N–H and O–H groups in total. The number of benzene rings is 1. The molecule has 0 aliphatic heterocycles. The molecule has 1 aliphatic rings. The van der Waals surface area contributed by atoms with Gasteiger partial charge < -0.3 is 11.1 Å². The van der Waals surface area contributed by atoms with Crippen LogP contribution in [0.2, 0.25) is 0 Å². The van der Waals surface area contributed by atoms with E-state index >= 15 is 0 Å². The van der Waals surface area contributed by atoms with E-state index in [1.165, 1.54) is 12.1 Å². The maximum Gasteiger partial charge on any atom is 0.223 e. The zero-order valence-corrected chi connectivity index (χ0v) is 12.0. The van der Waals surface area contributed by atoms with Gasteiger partial charge in [-0.1, -0.05) is 6.07 Å². The minimum Gasteiger partial charge on any atom is -0.356 e. The van der Waals surface area contributed by atoms with Gasteiger partial charge in [0.25, 0.3) is 0 Å². The molecule has 4 heteroatoms. The highest BCUT2D eigenvalue weighted by molar-refractivity contribution is 5.78. The minimum absolute atomic E-state index is 0.115. The molecule has 3 nitrogen and oxygen atoms in total. The third kappa shape index (κ3) is 4.04. The Morgan fingerprint density at radius 2 is 2.05 bits per heavy atom. The summed E-state index contributed by atoms with van der Waals surface area (Å²) >= 11 is 0. The molecule has 0 atom stereocenters. The summed E-state index contributed by atoms with van der Waals surface area (Å²) in [5.41, 5.74) is 7.85. The molecule has 1 aromatic rings. The van der Waals surface area contributed by atoms with Gasteiger partial charge in [-0.3, -0.25) is 4.79 Å². The molecule has 0 bridgehead atoms. The van der Waals surface area contributed by atoms with Crippen molar-refractivity contribution >= 4 is 5.91 Å². The number of carbonyl (C=O) groups is 1. The fourth-order valence-electron chi connectivity index (χ4n) is 2.79. The monoisotopic (exact) mass is 278 g/mol. The van der Waals surface area contributed by atoms with E-state index in [1.807, 2.05) is 6.92 Å². The van der Waals surface area contributed by atoms with Gasteiger partial charge in [0.1, 0.15) is 5.82 Å². The minimum atomic E-state index is -0.214. The first-order valence-electron chi connectivity index (χ1n) is 7.34. The Morgan fingerprint density at radius 1 is 1.35 bits per heavy atom.